The number of hydrogen-bond donors (Lipinski definition) is 2. The smallest absolute Gasteiger partial charge is 0.352 e. The van der Waals surface area contributed by atoms with Gasteiger partial charge in [-0.2, -0.15) is 0 Å². The fourth-order valence-corrected chi connectivity index (χ4v) is 2.24. The van der Waals surface area contributed by atoms with Crippen LogP contribution in [0.1, 0.15) is 31.1 Å². The predicted octanol–water partition coefficient (Wildman–Crippen LogP) is 2.95. The van der Waals surface area contributed by atoms with Crippen LogP contribution in [0.4, 0.5) is 0 Å². The minimum absolute atomic E-state index is 0.310. The van der Waals surface area contributed by atoms with Crippen LogP contribution in [0.2, 0.25) is 0 Å². The maximum atomic E-state index is 11.6. The van der Waals surface area contributed by atoms with Gasteiger partial charge in [0, 0.05) is 10.1 Å². The number of carboxylic acids is 2. The Morgan fingerprint density at radius 2 is 1.58 bits per heavy atom. The van der Waals surface area contributed by atoms with E-state index in [1.54, 1.807) is 30.3 Å². The lowest BCUT2D eigenvalue weighted by Gasteiger charge is -2.02. The molecule has 0 amide bonds. The van der Waals surface area contributed by atoms with E-state index < -0.39 is 17.9 Å². The Balaban J connectivity index is 2.05. The molecular weight excluding hydrogens is 332 g/mol. The van der Waals surface area contributed by atoms with Crippen LogP contribution in [-0.2, 0) is 4.74 Å². The van der Waals surface area contributed by atoms with Crippen molar-refractivity contribution in [3.8, 4) is 11.4 Å². The highest BCUT2D eigenvalue weighted by atomic mass is 32.2. The summed E-state index contributed by atoms with van der Waals surface area (Å²) in [5.74, 6) is -3.28. The summed E-state index contributed by atoms with van der Waals surface area (Å²) >= 11 is 0.915. The summed E-state index contributed by atoms with van der Waals surface area (Å²) in [6.45, 7) is 0. The van der Waals surface area contributed by atoms with Crippen molar-refractivity contribution in [2.24, 2.45) is 0 Å². The van der Waals surface area contributed by atoms with Gasteiger partial charge < -0.3 is 14.9 Å². The first-order valence-corrected chi connectivity index (χ1v) is 7.34. The molecule has 0 heterocycles. The molecule has 0 bridgehead atoms. The van der Waals surface area contributed by atoms with E-state index >= 15 is 0 Å². The van der Waals surface area contributed by atoms with E-state index in [4.69, 9.17) is 14.9 Å². The number of esters is 1. The Bertz CT molecular complexity index is 848. The van der Waals surface area contributed by atoms with Crippen molar-refractivity contribution in [1.29, 1.82) is 0 Å². The van der Waals surface area contributed by atoms with E-state index in [0.717, 1.165) is 11.8 Å². The third-order valence-electron chi connectivity index (χ3n) is 2.82. The van der Waals surface area contributed by atoms with Gasteiger partial charge in [0.05, 0.1) is 16.7 Å². The number of rotatable bonds is 4. The Morgan fingerprint density at radius 1 is 0.917 bits per heavy atom. The second-order valence-electron chi connectivity index (χ2n) is 4.38. The number of ether oxygens (including phenoxy) is 1. The SMILES string of the molecule is O=C(OC#CSc1ccc(C(=O)O)c(C(=O)O)c1)c1ccccc1. The Hall–Kier alpha value is -3.24. The standard InChI is InChI=1S/C17H10O6S/c18-15(19)13-7-6-12(10-14(13)16(20)21)24-9-8-23-17(22)11-4-2-1-3-5-11/h1-7,10H,(H,18,19)(H,20,21). The average molecular weight is 342 g/mol. The number of carboxylic acid groups (broad SMARTS) is 2. The van der Waals surface area contributed by atoms with Crippen LogP contribution in [0.15, 0.2) is 53.4 Å². The highest BCUT2D eigenvalue weighted by molar-refractivity contribution is 8.03. The summed E-state index contributed by atoms with van der Waals surface area (Å²) < 4.78 is 4.76. The number of carbonyl (C=O) groups is 3. The zero-order valence-electron chi connectivity index (χ0n) is 12.1. The molecule has 0 spiro atoms. The van der Waals surface area contributed by atoms with Crippen molar-refractivity contribution in [2.45, 2.75) is 4.90 Å². The zero-order valence-corrected chi connectivity index (χ0v) is 12.9. The number of hydrogen-bond acceptors (Lipinski definition) is 5. The van der Waals surface area contributed by atoms with E-state index in [1.165, 1.54) is 18.2 Å². The van der Waals surface area contributed by atoms with Crippen LogP contribution in [0, 0.1) is 11.4 Å². The van der Waals surface area contributed by atoms with Gasteiger partial charge in [-0.1, -0.05) is 18.2 Å². The molecule has 0 radical (unpaired) electrons. The van der Waals surface area contributed by atoms with Crippen molar-refractivity contribution < 1.29 is 29.3 Å². The minimum atomic E-state index is -1.35. The molecule has 0 aliphatic rings. The van der Waals surface area contributed by atoms with Gasteiger partial charge in [0.15, 0.2) is 0 Å². The van der Waals surface area contributed by atoms with Gasteiger partial charge in [-0.3, -0.25) is 0 Å². The first-order chi connectivity index (χ1) is 11.5. The van der Waals surface area contributed by atoms with Gasteiger partial charge in [-0.15, -0.1) is 0 Å². The van der Waals surface area contributed by atoms with Gasteiger partial charge in [0.25, 0.3) is 0 Å². The lowest BCUT2D eigenvalue weighted by atomic mass is 10.1. The van der Waals surface area contributed by atoms with Crippen molar-refractivity contribution >= 4 is 29.7 Å². The van der Waals surface area contributed by atoms with E-state index in [-0.39, 0.29) is 11.1 Å². The molecule has 7 heteroatoms. The molecular formula is C17H10O6S. The van der Waals surface area contributed by atoms with Crippen LogP contribution in [0.3, 0.4) is 0 Å². The number of carbonyl (C=O) groups excluding carboxylic acids is 1. The molecule has 24 heavy (non-hydrogen) atoms. The molecule has 0 saturated heterocycles. The minimum Gasteiger partial charge on any atom is -0.478 e. The van der Waals surface area contributed by atoms with Gasteiger partial charge in [0.2, 0.25) is 0 Å². The van der Waals surface area contributed by atoms with Crippen molar-refractivity contribution in [2.75, 3.05) is 0 Å². The molecule has 0 fully saturated rings. The van der Waals surface area contributed by atoms with Crippen molar-refractivity contribution in [3.63, 3.8) is 0 Å². The van der Waals surface area contributed by atoms with Crippen molar-refractivity contribution in [1.82, 2.24) is 0 Å². The molecule has 0 aliphatic heterocycles. The summed E-state index contributed by atoms with van der Waals surface area (Å²) in [7, 11) is 0. The molecule has 2 aromatic carbocycles. The maximum Gasteiger partial charge on any atom is 0.352 e. The Labute approximate surface area is 141 Å². The first-order valence-electron chi connectivity index (χ1n) is 6.52. The quantitative estimate of drug-likeness (QED) is 0.500. The largest absolute Gasteiger partial charge is 0.478 e. The third kappa shape index (κ3) is 4.38. The van der Waals surface area contributed by atoms with Crippen LogP contribution in [0.5, 0.6) is 0 Å². The Morgan fingerprint density at radius 3 is 2.21 bits per heavy atom. The van der Waals surface area contributed by atoms with E-state index in [9.17, 15) is 14.4 Å². The number of benzene rings is 2. The molecule has 0 aliphatic carbocycles. The monoisotopic (exact) mass is 342 g/mol. The molecule has 2 rings (SSSR count). The highest BCUT2D eigenvalue weighted by Gasteiger charge is 2.16. The summed E-state index contributed by atoms with van der Waals surface area (Å²) in [6, 6.07) is 12.1. The molecule has 0 aromatic heterocycles. The zero-order chi connectivity index (χ0) is 17.5. The lowest BCUT2D eigenvalue weighted by molar-refractivity contribution is 0.0651. The summed E-state index contributed by atoms with van der Waals surface area (Å²) in [4.78, 5) is 34.1. The molecule has 2 aromatic rings. The molecule has 120 valence electrons. The number of thioether (sulfide) groups is 1. The van der Waals surface area contributed by atoms with Crippen LogP contribution < -0.4 is 0 Å². The third-order valence-corrected chi connectivity index (χ3v) is 3.49. The predicted molar refractivity (Wildman–Crippen MR) is 85.9 cm³/mol. The second kappa shape index (κ2) is 7.85. The highest BCUT2D eigenvalue weighted by Crippen LogP contribution is 2.21. The normalized spacial score (nSPS) is 9.50. The maximum absolute atomic E-state index is 11.6. The Kier molecular flexibility index (Phi) is 5.60. The summed E-state index contributed by atoms with van der Waals surface area (Å²) in [5.41, 5.74) is -0.290. The topological polar surface area (TPSA) is 101 Å². The molecule has 0 saturated carbocycles. The fourth-order valence-electron chi connectivity index (χ4n) is 1.73. The van der Waals surface area contributed by atoms with Crippen molar-refractivity contribution in [3.05, 3.63) is 65.2 Å². The molecule has 0 atom stereocenters. The van der Waals surface area contributed by atoms with E-state index in [1.807, 2.05) is 0 Å². The van der Waals surface area contributed by atoms with Crippen LogP contribution in [-0.4, -0.2) is 28.1 Å². The number of aromatic carboxylic acids is 2. The summed E-state index contributed by atoms with van der Waals surface area (Å²) in [6.07, 6.45) is 2.22. The molecule has 0 unspecified atom stereocenters. The average Bonchev–Trinajstić information content (AvgIpc) is 2.59. The molecule has 6 nitrogen and oxygen atoms in total. The van der Waals surface area contributed by atoms with Crippen LogP contribution in [0.25, 0.3) is 0 Å². The van der Waals surface area contributed by atoms with Crippen LogP contribution >= 0.6 is 11.8 Å². The van der Waals surface area contributed by atoms with Gasteiger partial charge >= 0.3 is 17.9 Å². The summed E-state index contributed by atoms with van der Waals surface area (Å²) in [5, 5.41) is 20.5. The van der Waals surface area contributed by atoms with E-state index in [2.05, 4.69) is 11.4 Å². The lowest BCUT2D eigenvalue weighted by Crippen LogP contribution is -2.07. The second-order valence-corrected chi connectivity index (χ2v) is 5.26. The van der Waals surface area contributed by atoms with Gasteiger partial charge in [-0.05, 0) is 42.1 Å². The first kappa shape index (κ1) is 17.1. The van der Waals surface area contributed by atoms with Gasteiger partial charge in [-0.25, -0.2) is 14.4 Å². The van der Waals surface area contributed by atoms with E-state index in [0.29, 0.717) is 10.5 Å². The molecule has 2 N–H and O–H groups in total. The fraction of sp³-hybridized carbons (Fsp3) is 0. The van der Waals surface area contributed by atoms with Gasteiger partial charge in [0.1, 0.15) is 6.11 Å².